The number of allylic oxidation sites excluding steroid dienone is 1. The average Bonchev–Trinajstić information content (AvgIpc) is 3.58. The maximum absolute atomic E-state index is 12.8. The molecule has 1 saturated heterocycles. The molecular weight excluding hydrogens is 590 g/mol. The number of β-amino-alcohol motifs (C(OH)–C–C–N with tert-alkyl or cyclic N) is 1. The number of ether oxygens (including phenoxy) is 1. The smallest absolute Gasteiger partial charge is 0.311 e. The quantitative estimate of drug-likeness (QED) is 0.111. The van der Waals surface area contributed by atoms with E-state index in [0.29, 0.717) is 24.7 Å². The van der Waals surface area contributed by atoms with Gasteiger partial charge in [0.1, 0.15) is 12.0 Å². The zero-order valence-electron chi connectivity index (χ0n) is 30.2. The van der Waals surface area contributed by atoms with Crippen molar-refractivity contribution in [2.45, 2.75) is 156 Å². The number of esters is 1. The molecule has 0 bridgehead atoms. The number of hydrogen-bond donors (Lipinski definition) is 2. The van der Waals surface area contributed by atoms with Crippen LogP contribution >= 0.6 is 0 Å². The standard InChI is InChI=1S/C40H65NO6/c1-26(2)11-10-12-27(3)32-17-18-33-30-16-15-28-23-29(19-21-39(28,4)34(30)20-22-40(32,33)5)47-37(44)14-9-7-6-8-13-36(43)41-24-31(38(45)46)35(42)25-41/h15,26-27,29-35,42H,6-14,16-25H2,1-5H3,(H,45,46)/t27?,29-,30?,31?,32+,33?,34?,35?,39-,40+/m0/s1. The summed E-state index contributed by atoms with van der Waals surface area (Å²) < 4.78 is 6.03. The van der Waals surface area contributed by atoms with Gasteiger partial charge in [0.05, 0.1) is 6.10 Å². The minimum Gasteiger partial charge on any atom is -0.481 e. The Hall–Kier alpha value is -1.89. The predicted molar refractivity (Wildman–Crippen MR) is 184 cm³/mol. The highest BCUT2D eigenvalue weighted by Crippen LogP contribution is 2.67. The second-order valence-electron chi connectivity index (χ2n) is 17.4. The van der Waals surface area contributed by atoms with Gasteiger partial charge in [-0.1, -0.05) is 78.4 Å². The van der Waals surface area contributed by atoms with E-state index in [1.54, 1.807) is 5.57 Å². The molecule has 0 aromatic rings. The molecule has 5 rings (SSSR count). The van der Waals surface area contributed by atoms with Crippen LogP contribution in [0.5, 0.6) is 0 Å². The number of aliphatic hydroxyl groups excluding tert-OH is 1. The van der Waals surface area contributed by atoms with Crippen molar-refractivity contribution in [3.05, 3.63) is 11.6 Å². The summed E-state index contributed by atoms with van der Waals surface area (Å²) in [7, 11) is 0. The van der Waals surface area contributed by atoms with Crippen LogP contribution in [-0.4, -0.2) is 58.3 Å². The molecule has 0 aromatic carbocycles. The van der Waals surface area contributed by atoms with Crippen LogP contribution in [0.3, 0.4) is 0 Å². The Morgan fingerprint density at radius 3 is 2.36 bits per heavy atom. The van der Waals surface area contributed by atoms with E-state index in [1.165, 1.54) is 56.3 Å². The third-order valence-electron chi connectivity index (χ3n) is 14.0. The SMILES string of the molecule is CC(C)CCCC(C)[C@H]1CCC2C3CC=C4C[C@@H](OC(=O)CCCCCCC(=O)N5CC(O)C(C(=O)O)C5)CC[C@]4(C)C3CC[C@@]21C. The van der Waals surface area contributed by atoms with E-state index in [0.717, 1.165) is 74.0 Å². The number of carboxylic acid groups (broad SMARTS) is 1. The molecule has 266 valence electrons. The van der Waals surface area contributed by atoms with Crippen molar-refractivity contribution < 1.29 is 29.3 Å². The molecule has 10 atom stereocenters. The molecule has 47 heavy (non-hydrogen) atoms. The van der Waals surface area contributed by atoms with Gasteiger partial charge < -0.3 is 19.8 Å². The Labute approximate surface area is 284 Å². The molecule has 1 amide bonds. The number of hydrogen-bond acceptors (Lipinski definition) is 5. The summed E-state index contributed by atoms with van der Waals surface area (Å²) >= 11 is 0. The van der Waals surface area contributed by atoms with Crippen LogP contribution in [0, 0.1) is 52.3 Å². The molecule has 0 radical (unpaired) electrons. The van der Waals surface area contributed by atoms with E-state index in [1.807, 2.05) is 0 Å². The summed E-state index contributed by atoms with van der Waals surface area (Å²) in [6.07, 6.45) is 19.5. The zero-order valence-corrected chi connectivity index (χ0v) is 30.2. The molecule has 7 heteroatoms. The van der Waals surface area contributed by atoms with Gasteiger partial charge in [-0.25, -0.2) is 0 Å². The lowest BCUT2D eigenvalue weighted by atomic mass is 9.47. The lowest BCUT2D eigenvalue weighted by Gasteiger charge is -2.58. The van der Waals surface area contributed by atoms with E-state index in [4.69, 9.17) is 9.84 Å². The first-order chi connectivity index (χ1) is 22.3. The second kappa shape index (κ2) is 15.3. The van der Waals surface area contributed by atoms with Gasteiger partial charge in [0.2, 0.25) is 5.91 Å². The molecular formula is C40H65NO6. The summed E-state index contributed by atoms with van der Waals surface area (Å²) in [5.41, 5.74) is 2.33. The first-order valence-corrected chi connectivity index (χ1v) is 19.4. The predicted octanol–water partition coefficient (Wildman–Crippen LogP) is 8.18. The van der Waals surface area contributed by atoms with Crippen molar-refractivity contribution in [2.75, 3.05) is 13.1 Å². The molecule has 5 aliphatic rings. The molecule has 1 heterocycles. The Balaban J connectivity index is 1.03. The highest BCUT2D eigenvalue weighted by Gasteiger charge is 2.59. The second-order valence-corrected chi connectivity index (χ2v) is 17.4. The highest BCUT2D eigenvalue weighted by atomic mass is 16.5. The van der Waals surface area contributed by atoms with Crippen LogP contribution in [-0.2, 0) is 19.1 Å². The number of amides is 1. The molecule has 2 N–H and O–H groups in total. The molecule has 4 aliphatic carbocycles. The van der Waals surface area contributed by atoms with Crippen molar-refractivity contribution in [3.63, 3.8) is 0 Å². The number of carboxylic acids is 1. The third-order valence-corrected chi connectivity index (χ3v) is 14.0. The van der Waals surface area contributed by atoms with Gasteiger partial charge in [0.15, 0.2) is 0 Å². The maximum Gasteiger partial charge on any atom is 0.311 e. The van der Waals surface area contributed by atoms with E-state index >= 15 is 0 Å². The summed E-state index contributed by atoms with van der Waals surface area (Å²) in [6.45, 7) is 12.6. The van der Waals surface area contributed by atoms with Crippen LogP contribution in [0.15, 0.2) is 11.6 Å². The lowest BCUT2D eigenvalue weighted by Crippen LogP contribution is -2.51. The number of aliphatic hydroxyl groups is 1. The Morgan fingerprint density at radius 2 is 1.66 bits per heavy atom. The van der Waals surface area contributed by atoms with Crippen LogP contribution in [0.25, 0.3) is 0 Å². The normalized spacial score (nSPS) is 37.1. The molecule has 3 saturated carbocycles. The van der Waals surface area contributed by atoms with Crippen molar-refractivity contribution in [2.24, 2.45) is 52.3 Å². The first kappa shape index (κ1) is 36.4. The van der Waals surface area contributed by atoms with Gasteiger partial charge >= 0.3 is 11.9 Å². The number of nitrogens with zero attached hydrogens (tertiary/aromatic N) is 1. The largest absolute Gasteiger partial charge is 0.481 e. The number of carbonyl (C=O) groups excluding carboxylic acids is 2. The van der Waals surface area contributed by atoms with Crippen molar-refractivity contribution in [3.8, 4) is 0 Å². The minimum absolute atomic E-state index is 0.00200. The molecule has 7 nitrogen and oxygen atoms in total. The number of likely N-dealkylation sites (tertiary alicyclic amines) is 1. The number of fused-ring (bicyclic) bond motifs is 5. The maximum atomic E-state index is 12.8. The lowest BCUT2D eigenvalue weighted by molar-refractivity contribution is -0.151. The number of aliphatic carboxylic acids is 1. The van der Waals surface area contributed by atoms with Gasteiger partial charge in [-0.2, -0.15) is 0 Å². The fraction of sp³-hybridized carbons (Fsp3) is 0.875. The summed E-state index contributed by atoms with van der Waals surface area (Å²) in [5.74, 6) is 2.83. The van der Waals surface area contributed by atoms with Crippen molar-refractivity contribution >= 4 is 17.8 Å². The summed E-state index contributed by atoms with van der Waals surface area (Å²) in [4.78, 5) is 37.8. The zero-order chi connectivity index (χ0) is 33.9. The van der Waals surface area contributed by atoms with E-state index in [9.17, 15) is 19.5 Å². The number of rotatable bonds is 14. The Morgan fingerprint density at radius 1 is 0.915 bits per heavy atom. The van der Waals surface area contributed by atoms with Gasteiger partial charge in [0, 0.05) is 32.4 Å². The fourth-order valence-electron chi connectivity index (χ4n) is 11.3. The minimum atomic E-state index is -1.06. The molecule has 4 fully saturated rings. The number of unbranched alkanes of at least 4 members (excludes halogenated alkanes) is 3. The van der Waals surface area contributed by atoms with E-state index in [-0.39, 0.29) is 36.5 Å². The van der Waals surface area contributed by atoms with E-state index in [2.05, 4.69) is 40.7 Å². The van der Waals surface area contributed by atoms with Crippen LogP contribution < -0.4 is 0 Å². The van der Waals surface area contributed by atoms with Gasteiger partial charge in [-0.05, 0) is 104 Å². The fourth-order valence-corrected chi connectivity index (χ4v) is 11.3. The van der Waals surface area contributed by atoms with Crippen LogP contribution in [0.2, 0.25) is 0 Å². The van der Waals surface area contributed by atoms with Gasteiger partial charge in [0.25, 0.3) is 0 Å². The van der Waals surface area contributed by atoms with Crippen LogP contribution in [0.4, 0.5) is 0 Å². The van der Waals surface area contributed by atoms with Crippen molar-refractivity contribution in [1.82, 2.24) is 4.90 Å². The highest BCUT2D eigenvalue weighted by molar-refractivity contribution is 5.79. The molecule has 6 unspecified atom stereocenters. The monoisotopic (exact) mass is 655 g/mol. The summed E-state index contributed by atoms with van der Waals surface area (Å²) in [5, 5.41) is 19.0. The van der Waals surface area contributed by atoms with E-state index < -0.39 is 18.0 Å². The average molecular weight is 656 g/mol. The summed E-state index contributed by atoms with van der Waals surface area (Å²) in [6, 6.07) is 0. The first-order valence-electron chi connectivity index (χ1n) is 19.4. The van der Waals surface area contributed by atoms with Crippen LogP contribution in [0.1, 0.15) is 144 Å². The van der Waals surface area contributed by atoms with Gasteiger partial charge in [-0.3, -0.25) is 14.4 Å². The molecule has 1 aliphatic heterocycles. The topological polar surface area (TPSA) is 104 Å². The van der Waals surface area contributed by atoms with Crippen molar-refractivity contribution in [1.29, 1.82) is 0 Å². The molecule has 0 aromatic heterocycles. The van der Waals surface area contributed by atoms with Gasteiger partial charge in [-0.15, -0.1) is 0 Å². The molecule has 0 spiro atoms. The third kappa shape index (κ3) is 7.96. The Kier molecular flexibility index (Phi) is 11.9. The number of carbonyl (C=O) groups is 3. The Bertz CT molecular complexity index is 1150.